The van der Waals surface area contributed by atoms with Gasteiger partial charge in [-0.2, -0.15) is 5.10 Å². The number of nitrogens with one attached hydrogen (secondary N) is 1. The second-order valence-electron chi connectivity index (χ2n) is 4.17. The van der Waals surface area contributed by atoms with E-state index in [1.807, 2.05) is 17.8 Å². The van der Waals surface area contributed by atoms with Gasteiger partial charge in [0.15, 0.2) is 0 Å². The third-order valence-electron chi connectivity index (χ3n) is 2.91. The van der Waals surface area contributed by atoms with Crippen molar-refractivity contribution in [3.63, 3.8) is 0 Å². The highest BCUT2D eigenvalue weighted by Gasteiger charge is 2.19. The Kier molecular flexibility index (Phi) is 4.43. The predicted octanol–water partition coefficient (Wildman–Crippen LogP) is 3.40. The lowest BCUT2D eigenvalue weighted by atomic mass is 10.1. The summed E-state index contributed by atoms with van der Waals surface area (Å²) in [5.74, 6) is 0. The van der Waals surface area contributed by atoms with Crippen molar-refractivity contribution in [1.29, 1.82) is 0 Å². The van der Waals surface area contributed by atoms with Gasteiger partial charge in [0.25, 0.3) is 0 Å². The first-order chi connectivity index (χ1) is 8.65. The fourth-order valence-electron chi connectivity index (χ4n) is 2.02. The van der Waals surface area contributed by atoms with Gasteiger partial charge in [-0.1, -0.05) is 25.4 Å². The van der Waals surface area contributed by atoms with Crippen molar-refractivity contribution in [2.45, 2.75) is 26.3 Å². The Bertz CT molecular complexity index is 518. The number of halogens is 1. The summed E-state index contributed by atoms with van der Waals surface area (Å²) < 4.78 is 2.78. The smallest absolute Gasteiger partial charge is 0.0931 e. The second-order valence-corrected chi connectivity index (χ2v) is 5.92. The van der Waals surface area contributed by atoms with E-state index in [0.29, 0.717) is 0 Å². The average Bonchev–Trinajstić information content (AvgIpc) is 2.93. The molecule has 0 spiro atoms. The maximum Gasteiger partial charge on any atom is 0.0931 e. The number of nitrogens with zero attached hydrogens (tertiary/aromatic N) is 2. The summed E-state index contributed by atoms with van der Waals surface area (Å²) in [6.07, 6.45) is 0.956. The highest BCUT2D eigenvalue weighted by molar-refractivity contribution is 7.16. The lowest BCUT2D eigenvalue weighted by Crippen LogP contribution is -2.23. The highest BCUT2D eigenvalue weighted by atomic mass is 35.5. The molecule has 3 nitrogen and oxygen atoms in total. The van der Waals surface area contributed by atoms with Crippen LogP contribution in [-0.2, 0) is 13.5 Å². The molecule has 2 rings (SSSR count). The quantitative estimate of drug-likeness (QED) is 0.911. The molecule has 0 aliphatic heterocycles. The zero-order chi connectivity index (χ0) is 13.1. The fourth-order valence-corrected chi connectivity index (χ4v) is 3.17. The standard InChI is InChI=1S/C13H18ClN3S/c1-4-9-8-10(17(3)16-9)13(15-5-2)11-6-7-12(14)18-11/h6-8,13,15H,4-5H2,1-3H3. The maximum atomic E-state index is 6.03. The zero-order valence-corrected chi connectivity index (χ0v) is 12.5. The summed E-state index contributed by atoms with van der Waals surface area (Å²) in [6.45, 7) is 5.14. The Morgan fingerprint density at radius 1 is 1.44 bits per heavy atom. The minimum Gasteiger partial charge on any atom is -0.305 e. The van der Waals surface area contributed by atoms with Crippen molar-refractivity contribution in [3.05, 3.63) is 38.8 Å². The van der Waals surface area contributed by atoms with E-state index in [9.17, 15) is 0 Å². The zero-order valence-electron chi connectivity index (χ0n) is 10.9. The number of hydrogen-bond donors (Lipinski definition) is 1. The van der Waals surface area contributed by atoms with Gasteiger partial charge in [-0.3, -0.25) is 4.68 Å². The Labute approximate surface area is 117 Å². The van der Waals surface area contributed by atoms with Gasteiger partial charge in [-0.05, 0) is 31.2 Å². The molecule has 5 heteroatoms. The van der Waals surface area contributed by atoms with Gasteiger partial charge in [0, 0.05) is 11.9 Å². The molecule has 98 valence electrons. The Hall–Kier alpha value is -0.840. The summed E-state index contributed by atoms with van der Waals surface area (Å²) in [5, 5.41) is 8.01. The molecule has 0 aliphatic carbocycles. The van der Waals surface area contributed by atoms with Crippen LogP contribution in [-0.4, -0.2) is 16.3 Å². The lowest BCUT2D eigenvalue weighted by molar-refractivity contribution is 0.578. The largest absolute Gasteiger partial charge is 0.305 e. The molecular weight excluding hydrogens is 266 g/mol. The van der Waals surface area contributed by atoms with E-state index in [2.05, 4.69) is 36.4 Å². The molecular formula is C13H18ClN3S. The highest BCUT2D eigenvalue weighted by Crippen LogP contribution is 2.31. The Morgan fingerprint density at radius 2 is 2.22 bits per heavy atom. The van der Waals surface area contributed by atoms with E-state index >= 15 is 0 Å². The molecule has 0 fully saturated rings. The molecule has 0 aromatic carbocycles. The van der Waals surface area contributed by atoms with Crippen LogP contribution in [0.1, 0.15) is 36.2 Å². The first-order valence-corrected chi connectivity index (χ1v) is 7.36. The van der Waals surface area contributed by atoms with Gasteiger partial charge in [0.1, 0.15) is 0 Å². The van der Waals surface area contributed by atoms with Crippen LogP contribution in [0, 0.1) is 0 Å². The SMILES string of the molecule is CCNC(c1ccc(Cl)s1)c1cc(CC)nn1C. The average molecular weight is 284 g/mol. The van der Waals surface area contributed by atoms with Crippen molar-refractivity contribution < 1.29 is 0 Å². The molecule has 18 heavy (non-hydrogen) atoms. The van der Waals surface area contributed by atoms with E-state index in [4.69, 9.17) is 11.6 Å². The summed E-state index contributed by atoms with van der Waals surface area (Å²) in [6, 6.07) is 6.37. The molecule has 0 saturated heterocycles. The number of aromatic nitrogens is 2. The molecule has 0 amide bonds. The van der Waals surface area contributed by atoms with Crippen LogP contribution >= 0.6 is 22.9 Å². The maximum absolute atomic E-state index is 6.03. The normalized spacial score (nSPS) is 12.9. The summed E-state index contributed by atoms with van der Waals surface area (Å²) in [5.41, 5.74) is 2.31. The van der Waals surface area contributed by atoms with Gasteiger partial charge in [-0.25, -0.2) is 0 Å². The van der Waals surface area contributed by atoms with Crippen molar-refractivity contribution >= 4 is 22.9 Å². The van der Waals surface area contributed by atoms with Gasteiger partial charge < -0.3 is 5.32 Å². The molecule has 1 unspecified atom stereocenters. The number of rotatable bonds is 5. The minimum atomic E-state index is 0.172. The van der Waals surface area contributed by atoms with E-state index in [1.165, 1.54) is 10.6 Å². The van der Waals surface area contributed by atoms with Gasteiger partial charge in [-0.15, -0.1) is 11.3 Å². The van der Waals surface area contributed by atoms with Crippen LogP contribution in [0.4, 0.5) is 0 Å². The predicted molar refractivity (Wildman–Crippen MR) is 77.4 cm³/mol. The molecule has 0 bridgehead atoms. The number of aryl methyl sites for hydroxylation is 2. The van der Waals surface area contributed by atoms with Gasteiger partial charge in [0.05, 0.1) is 21.8 Å². The molecule has 2 aromatic heterocycles. The summed E-state index contributed by atoms with van der Waals surface area (Å²) in [7, 11) is 1.99. The van der Waals surface area contributed by atoms with Crippen LogP contribution in [0.25, 0.3) is 0 Å². The topological polar surface area (TPSA) is 29.9 Å². The third-order valence-corrected chi connectivity index (χ3v) is 4.21. The van der Waals surface area contributed by atoms with Gasteiger partial charge >= 0.3 is 0 Å². The van der Waals surface area contributed by atoms with Gasteiger partial charge in [0.2, 0.25) is 0 Å². The molecule has 2 heterocycles. The van der Waals surface area contributed by atoms with Crippen LogP contribution < -0.4 is 5.32 Å². The molecule has 0 saturated carbocycles. The van der Waals surface area contributed by atoms with Crippen molar-refractivity contribution in [3.8, 4) is 0 Å². The minimum absolute atomic E-state index is 0.172. The fraction of sp³-hybridized carbons (Fsp3) is 0.462. The van der Waals surface area contributed by atoms with E-state index < -0.39 is 0 Å². The van der Waals surface area contributed by atoms with Crippen LogP contribution in [0.15, 0.2) is 18.2 Å². The molecule has 1 N–H and O–H groups in total. The van der Waals surface area contributed by atoms with Crippen LogP contribution in [0.5, 0.6) is 0 Å². The lowest BCUT2D eigenvalue weighted by Gasteiger charge is -2.16. The van der Waals surface area contributed by atoms with E-state index in [1.54, 1.807) is 11.3 Å². The summed E-state index contributed by atoms with van der Waals surface area (Å²) in [4.78, 5) is 1.23. The Balaban J connectivity index is 2.37. The molecule has 0 aliphatic rings. The first-order valence-electron chi connectivity index (χ1n) is 6.17. The van der Waals surface area contributed by atoms with Crippen LogP contribution in [0.3, 0.4) is 0 Å². The second kappa shape index (κ2) is 5.87. The van der Waals surface area contributed by atoms with Crippen molar-refractivity contribution in [2.24, 2.45) is 7.05 Å². The van der Waals surface area contributed by atoms with E-state index in [0.717, 1.165) is 23.0 Å². The monoisotopic (exact) mass is 283 g/mol. The summed E-state index contributed by atoms with van der Waals surface area (Å²) >= 11 is 7.65. The van der Waals surface area contributed by atoms with Crippen molar-refractivity contribution in [1.82, 2.24) is 15.1 Å². The molecule has 2 aromatic rings. The molecule has 0 radical (unpaired) electrons. The third kappa shape index (κ3) is 2.76. The van der Waals surface area contributed by atoms with Crippen molar-refractivity contribution in [2.75, 3.05) is 6.54 Å². The number of hydrogen-bond acceptors (Lipinski definition) is 3. The molecule has 1 atom stereocenters. The Morgan fingerprint density at radius 3 is 2.72 bits per heavy atom. The van der Waals surface area contributed by atoms with E-state index in [-0.39, 0.29) is 6.04 Å². The number of thiophene rings is 1. The van der Waals surface area contributed by atoms with Crippen LogP contribution in [0.2, 0.25) is 4.34 Å². The first kappa shape index (κ1) is 13.6.